The maximum Gasteiger partial charge on any atom is 0.380 e. The SMILES string of the molecule is COc1ccc(-c2oc3cc(OC)ccc3c2C2=C(Cc3ccc(OC)cc3OC(C)c3ccc(OC)cc3)C(F)(F)C(F)(F)C2(F)F)cc1. The zero-order chi connectivity index (χ0) is 36.0. The highest BCUT2D eigenvalue weighted by Gasteiger charge is 2.80. The van der Waals surface area contributed by atoms with E-state index in [-0.39, 0.29) is 45.1 Å². The second-order valence-electron chi connectivity index (χ2n) is 11.7. The molecule has 1 unspecified atom stereocenters. The lowest BCUT2D eigenvalue weighted by molar-refractivity contribution is -0.260. The molecule has 50 heavy (non-hydrogen) atoms. The molecule has 6 rings (SSSR count). The molecule has 1 aliphatic rings. The number of hydrogen-bond donors (Lipinski definition) is 0. The van der Waals surface area contributed by atoms with Crippen molar-refractivity contribution < 1.29 is 54.4 Å². The van der Waals surface area contributed by atoms with Crippen LogP contribution in [-0.2, 0) is 6.42 Å². The quantitative estimate of drug-likeness (QED) is 0.128. The molecule has 1 aromatic heterocycles. The van der Waals surface area contributed by atoms with Gasteiger partial charge in [-0.05, 0) is 72.6 Å². The van der Waals surface area contributed by atoms with Gasteiger partial charge in [0.15, 0.2) is 0 Å². The van der Waals surface area contributed by atoms with Gasteiger partial charge in [-0.3, -0.25) is 0 Å². The number of alkyl halides is 6. The summed E-state index contributed by atoms with van der Waals surface area (Å²) in [6.45, 7) is 1.69. The smallest absolute Gasteiger partial charge is 0.380 e. The number of methoxy groups -OCH3 is 4. The molecule has 4 aromatic carbocycles. The Balaban J connectivity index is 1.57. The van der Waals surface area contributed by atoms with Gasteiger partial charge in [0, 0.05) is 46.2 Å². The van der Waals surface area contributed by atoms with Crippen LogP contribution in [0.25, 0.3) is 27.9 Å². The molecule has 1 heterocycles. The molecule has 0 spiro atoms. The van der Waals surface area contributed by atoms with Crippen molar-refractivity contribution in [3.63, 3.8) is 0 Å². The van der Waals surface area contributed by atoms with Crippen molar-refractivity contribution in [2.45, 2.75) is 37.2 Å². The summed E-state index contributed by atoms with van der Waals surface area (Å²) in [6, 6.07) is 21.0. The third-order valence-corrected chi connectivity index (χ3v) is 8.81. The minimum Gasteiger partial charge on any atom is -0.497 e. The van der Waals surface area contributed by atoms with E-state index in [4.69, 9.17) is 28.1 Å². The summed E-state index contributed by atoms with van der Waals surface area (Å²) in [4.78, 5) is 0. The maximum atomic E-state index is 16.2. The first-order chi connectivity index (χ1) is 23.8. The molecule has 0 fully saturated rings. The number of fused-ring (bicyclic) bond motifs is 1. The fraction of sp³-hybridized carbons (Fsp3) is 0.263. The van der Waals surface area contributed by atoms with Crippen molar-refractivity contribution in [1.29, 1.82) is 0 Å². The molecule has 0 saturated heterocycles. The van der Waals surface area contributed by atoms with Gasteiger partial charge < -0.3 is 28.1 Å². The first-order valence-electron chi connectivity index (χ1n) is 15.4. The number of furan rings is 1. The number of ether oxygens (including phenoxy) is 5. The van der Waals surface area contributed by atoms with E-state index in [0.29, 0.717) is 17.1 Å². The molecule has 12 heteroatoms. The van der Waals surface area contributed by atoms with E-state index < -0.39 is 47.0 Å². The minimum absolute atomic E-state index is 0.0222. The summed E-state index contributed by atoms with van der Waals surface area (Å²) in [7, 11) is 5.67. The van der Waals surface area contributed by atoms with Crippen LogP contribution >= 0.6 is 0 Å². The van der Waals surface area contributed by atoms with E-state index in [1.165, 1.54) is 89.1 Å². The highest BCUT2D eigenvalue weighted by atomic mass is 19.3. The molecule has 0 amide bonds. The van der Waals surface area contributed by atoms with Gasteiger partial charge in [-0.25, -0.2) is 0 Å². The number of halogens is 6. The van der Waals surface area contributed by atoms with Crippen LogP contribution in [0.15, 0.2) is 94.9 Å². The molecule has 0 N–H and O–H groups in total. The number of rotatable bonds is 11. The summed E-state index contributed by atoms with van der Waals surface area (Å²) in [5, 5.41) is -0.0865. The van der Waals surface area contributed by atoms with Gasteiger partial charge in [-0.15, -0.1) is 0 Å². The summed E-state index contributed by atoms with van der Waals surface area (Å²) in [5.41, 5.74) is -2.85. The van der Waals surface area contributed by atoms with Gasteiger partial charge in [-0.1, -0.05) is 18.2 Å². The Morgan fingerprint density at radius 3 is 1.78 bits per heavy atom. The normalized spacial score (nSPS) is 16.7. The zero-order valence-electron chi connectivity index (χ0n) is 27.6. The van der Waals surface area contributed by atoms with E-state index in [0.717, 1.165) is 0 Å². The fourth-order valence-corrected chi connectivity index (χ4v) is 6.04. The molecule has 6 nitrogen and oxygen atoms in total. The van der Waals surface area contributed by atoms with Crippen LogP contribution < -0.4 is 23.7 Å². The molecule has 5 aromatic rings. The lowest BCUT2D eigenvalue weighted by atomic mass is 9.91. The van der Waals surface area contributed by atoms with Crippen molar-refractivity contribution in [1.82, 2.24) is 0 Å². The van der Waals surface area contributed by atoms with Crippen molar-refractivity contribution in [3.8, 4) is 40.1 Å². The van der Waals surface area contributed by atoms with Crippen LogP contribution in [0.4, 0.5) is 26.3 Å². The average Bonchev–Trinajstić information content (AvgIpc) is 3.53. The maximum absolute atomic E-state index is 16.2. The van der Waals surface area contributed by atoms with E-state index in [9.17, 15) is 0 Å². The third kappa shape index (κ3) is 5.66. The van der Waals surface area contributed by atoms with Crippen molar-refractivity contribution in [2.75, 3.05) is 28.4 Å². The predicted molar refractivity (Wildman–Crippen MR) is 175 cm³/mol. The van der Waals surface area contributed by atoms with Crippen molar-refractivity contribution >= 4 is 16.5 Å². The Hall–Kier alpha value is -5.26. The van der Waals surface area contributed by atoms with Crippen molar-refractivity contribution in [2.24, 2.45) is 0 Å². The first-order valence-corrected chi connectivity index (χ1v) is 15.4. The molecular formula is C38H32F6O6. The monoisotopic (exact) mass is 698 g/mol. The molecule has 1 aliphatic carbocycles. The van der Waals surface area contributed by atoms with E-state index >= 15 is 26.3 Å². The fourth-order valence-electron chi connectivity index (χ4n) is 6.04. The highest BCUT2D eigenvalue weighted by molar-refractivity contribution is 6.02. The van der Waals surface area contributed by atoms with Crippen LogP contribution in [0.5, 0.6) is 28.7 Å². The summed E-state index contributed by atoms with van der Waals surface area (Å²) < 4.78 is 128. The number of hydrogen-bond acceptors (Lipinski definition) is 6. The van der Waals surface area contributed by atoms with Crippen molar-refractivity contribution in [3.05, 3.63) is 107 Å². The molecule has 262 valence electrons. The van der Waals surface area contributed by atoms with Gasteiger partial charge in [0.2, 0.25) is 0 Å². The molecule has 0 saturated carbocycles. The van der Waals surface area contributed by atoms with Crippen LogP contribution in [0.2, 0.25) is 0 Å². The van der Waals surface area contributed by atoms with Crippen LogP contribution in [-0.4, -0.2) is 46.2 Å². The molecule has 0 radical (unpaired) electrons. The second-order valence-corrected chi connectivity index (χ2v) is 11.7. The van der Waals surface area contributed by atoms with Crippen LogP contribution in [0, 0.1) is 0 Å². The van der Waals surface area contributed by atoms with E-state index in [2.05, 4.69) is 0 Å². The van der Waals surface area contributed by atoms with Gasteiger partial charge in [0.05, 0.1) is 28.4 Å². The van der Waals surface area contributed by atoms with Crippen LogP contribution in [0.1, 0.15) is 29.7 Å². The Morgan fingerprint density at radius 1 is 0.640 bits per heavy atom. The molecule has 1 atom stereocenters. The first kappa shape index (κ1) is 34.6. The Kier molecular flexibility index (Phi) is 8.92. The number of benzene rings is 4. The summed E-state index contributed by atoms with van der Waals surface area (Å²) in [6.07, 6.45) is -1.70. The van der Waals surface area contributed by atoms with Gasteiger partial charge in [-0.2, -0.15) is 26.3 Å². The second kappa shape index (κ2) is 12.9. The van der Waals surface area contributed by atoms with E-state index in [1.807, 2.05) is 0 Å². The third-order valence-electron chi connectivity index (χ3n) is 8.81. The largest absolute Gasteiger partial charge is 0.497 e. The number of allylic oxidation sites excluding steroid dienone is 2. The Bertz CT molecular complexity index is 2050. The van der Waals surface area contributed by atoms with Gasteiger partial charge in [0.1, 0.15) is 46.2 Å². The lowest BCUT2D eigenvalue weighted by Gasteiger charge is -2.26. The van der Waals surface area contributed by atoms with Gasteiger partial charge in [0.25, 0.3) is 0 Å². The average molecular weight is 699 g/mol. The van der Waals surface area contributed by atoms with E-state index in [1.54, 1.807) is 31.2 Å². The lowest BCUT2D eigenvalue weighted by Crippen LogP contribution is -2.49. The van der Waals surface area contributed by atoms with Crippen LogP contribution in [0.3, 0.4) is 0 Å². The van der Waals surface area contributed by atoms with Gasteiger partial charge >= 0.3 is 17.8 Å². The standard InChI is InChI=1S/C38H32F6O6/c1-21(22-6-11-25(45-2)12-7-22)49-31-19-27(47-4)15-10-24(31)18-30-34(37(41,42)38(43,44)36(30,39)40)33-29-17-16-28(48-5)20-32(29)50-35(33)23-8-13-26(46-3)14-9-23/h6-17,19-21H,18H2,1-5H3. The Morgan fingerprint density at radius 2 is 1.18 bits per heavy atom. The minimum atomic E-state index is -5.79. The Labute approximate surface area is 283 Å². The summed E-state index contributed by atoms with van der Waals surface area (Å²) >= 11 is 0. The highest BCUT2D eigenvalue weighted by Crippen LogP contribution is 2.64. The zero-order valence-corrected chi connectivity index (χ0v) is 27.6. The topological polar surface area (TPSA) is 59.3 Å². The molecule has 0 bridgehead atoms. The predicted octanol–water partition coefficient (Wildman–Crippen LogP) is 10.2. The summed E-state index contributed by atoms with van der Waals surface area (Å²) in [5.74, 6) is -15.2. The molecular weight excluding hydrogens is 666 g/mol. The molecule has 0 aliphatic heterocycles.